The Morgan fingerprint density at radius 2 is 2.06 bits per heavy atom. The van der Waals surface area contributed by atoms with Crippen LogP contribution in [0.25, 0.3) is 0 Å². The van der Waals surface area contributed by atoms with E-state index >= 15 is 0 Å². The molecule has 0 radical (unpaired) electrons. The van der Waals surface area contributed by atoms with Crippen LogP contribution in [0.1, 0.15) is 24.0 Å². The lowest BCUT2D eigenvalue weighted by atomic mass is 10.0. The van der Waals surface area contributed by atoms with Crippen molar-refractivity contribution < 1.29 is 13.6 Å². The monoisotopic (exact) mass is 226 g/mol. The maximum atomic E-state index is 12.3. The molecule has 1 aliphatic heterocycles. The van der Waals surface area contributed by atoms with Gasteiger partial charge in [0.1, 0.15) is 6.10 Å². The Labute approximate surface area is 91.9 Å². The van der Waals surface area contributed by atoms with Gasteiger partial charge in [0.25, 0.3) is 6.43 Å². The van der Waals surface area contributed by atoms with E-state index in [-0.39, 0.29) is 11.7 Å². The van der Waals surface area contributed by atoms with Gasteiger partial charge >= 0.3 is 0 Å². The molecule has 3 nitrogen and oxygen atoms in total. The van der Waals surface area contributed by atoms with E-state index in [9.17, 15) is 8.78 Å². The highest BCUT2D eigenvalue weighted by molar-refractivity contribution is 6.01. The minimum atomic E-state index is -2.44. The highest BCUT2D eigenvalue weighted by atomic mass is 19.3. The van der Waals surface area contributed by atoms with E-state index in [4.69, 9.17) is 10.6 Å². The first kappa shape index (κ1) is 11.0. The minimum Gasteiger partial charge on any atom is -0.390 e. The zero-order chi connectivity index (χ0) is 11.5. The highest BCUT2D eigenvalue weighted by Crippen LogP contribution is 2.21. The summed E-state index contributed by atoms with van der Waals surface area (Å²) in [6.07, 6.45) is -1.90. The lowest BCUT2D eigenvalue weighted by Gasteiger charge is -2.03. The molecule has 1 aromatic rings. The van der Waals surface area contributed by atoms with Crippen LogP contribution in [0.2, 0.25) is 0 Å². The lowest BCUT2D eigenvalue weighted by molar-refractivity contribution is 0.0918. The molecule has 1 heterocycles. The number of oxime groups is 1. The van der Waals surface area contributed by atoms with Crippen LogP contribution in [0.4, 0.5) is 8.78 Å². The molecular formula is C11H12F2N2O. The largest absolute Gasteiger partial charge is 0.390 e. The smallest absolute Gasteiger partial charge is 0.263 e. The van der Waals surface area contributed by atoms with Crippen molar-refractivity contribution in [3.63, 3.8) is 0 Å². The Balaban J connectivity index is 2.11. The van der Waals surface area contributed by atoms with Gasteiger partial charge in [0.2, 0.25) is 0 Å². The Morgan fingerprint density at radius 1 is 1.38 bits per heavy atom. The summed E-state index contributed by atoms with van der Waals surface area (Å²) >= 11 is 0. The quantitative estimate of drug-likeness (QED) is 0.857. The number of nitrogens with zero attached hydrogens (tertiary/aromatic N) is 1. The second-order valence-corrected chi connectivity index (χ2v) is 3.63. The molecule has 0 amide bonds. The van der Waals surface area contributed by atoms with Crippen LogP contribution in [0, 0.1) is 0 Å². The van der Waals surface area contributed by atoms with Gasteiger partial charge in [-0.3, -0.25) is 0 Å². The van der Waals surface area contributed by atoms with Gasteiger partial charge in [-0.25, -0.2) is 8.78 Å². The van der Waals surface area contributed by atoms with Gasteiger partial charge in [0.15, 0.2) is 0 Å². The van der Waals surface area contributed by atoms with Crippen LogP contribution in [-0.4, -0.2) is 18.4 Å². The van der Waals surface area contributed by atoms with Crippen molar-refractivity contribution in [1.29, 1.82) is 0 Å². The van der Waals surface area contributed by atoms with E-state index in [1.807, 2.05) is 0 Å². The van der Waals surface area contributed by atoms with Crippen LogP contribution in [0.15, 0.2) is 29.4 Å². The van der Waals surface area contributed by atoms with Gasteiger partial charge in [0.05, 0.1) is 5.71 Å². The van der Waals surface area contributed by atoms with Crippen LogP contribution >= 0.6 is 0 Å². The van der Waals surface area contributed by atoms with Gasteiger partial charge < -0.3 is 10.6 Å². The summed E-state index contributed by atoms with van der Waals surface area (Å²) in [5, 5.41) is 3.88. The molecule has 5 heteroatoms. The van der Waals surface area contributed by atoms with Crippen molar-refractivity contribution in [3.05, 3.63) is 35.4 Å². The fourth-order valence-electron chi connectivity index (χ4n) is 1.55. The van der Waals surface area contributed by atoms with Crippen molar-refractivity contribution in [1.82, 2.24) is 0 Å². The Bertz CT molecular complexity index is 389. The minimum absolute atomic E-state index is 0.0126. The van der Waals surface area contributed by atoms with E-state index < -0.39 is 6.43 Å². The normalized spacial score (nSPS) is 19.8. The molecule has 2 N–H and O–H groups in total. The first-order valence-electron chi connectivity index (χ1n) is 5.02. The third-order valence-corrected chi connectivity index (χ3v) is 2.49. The Kier molecular flexibility index (Phi) is 3.14. The number of benzene rings is 1. The standard InChI is InChI=1S/C11H12F2N2O/c12-11(13)8-3-1-7(2-4-8)10-5-9(6-14)16-15-10/h1-4,9,11H,5-6,14H2. The number of rotatable bonds is 3. The maximum Gasteiger partial charge on any atom is 0.263 e. The maximum absolute atomic E-state index is 12.3. The number of nitrogens with two attached hydrogens (primary N) is 1. The molecule has 1 unspecified atom stereocenters. The van der Waals surface area contributed by atoms with Crippen molar-refractivity contribution in [3.8, 4) is 0 Å². The average Bonchev–Trinajstić information content (AvgIpc) is 2.77. The van der Waals surface area contributed by atoms with Crippen LogP contribution in [-0.2, 0) is 4.84 Å². The second-order valence-electron chi connectivity index (χ2n) is 3.63. The summed E-state index contributed by atoms with van der Waals surface area (Å²) in [6.45, 7) is 0.405. The van der Waals surface area contributed by atoms with E-state index in [0.29, 0.717) is 13.0 Å². The van der Waals surface area contributed by atoms with Crippen LogP contribution < -0.4 is 5.73 Å². The number of halogens is 2. The molecule has 0 spiro atoms. The van der Waals surface area contributed by atoms with E-state index in [2.05, 4.69) is 5.16 Å². The molecule has 1 atom stereocenters. The molecule has 0 bridgehead atoms. The summed E-state index contributed by atoms with van der Waals surface area (Å²) in [5.41, 5.74) is 7.02. The molecule has 0 saturated carbocycles. The van der Waals surface area contributed by atoms with Gasteiger partial charge in [-0.1, -0.05) is 29.4 Å². The topological polar surface area (TPSA) is 47.6 Å². The Morgan fingerprint density at radius 3 is 2.56 bits per heavy atom. The molecule has 1 aliphatic rings. The number of hydrogen-bond donors (Lipinski definition) is 1. The zero-order valence-corrected chi connectivity index (χ0v) is 8.57. The number of hydrogen-bond acceptors (Lipinski definition) is 3. The fourth-order valence-corrected chi connectivity index (χ4v) is 1.55. The zero-order valence-electron chi connectivity index (χ0n) is 8.57. The van der Waals surface area contributed by atoms with Gasteiger partial charge in [-0.2, -0.15) is 0 Å². The molecule has 0 aliphatic carbocycles. The Hall–Kier alpha value is -1.49. The second kappa shape index (κ2) is 4.57. The highest BCUT2D eigenvalue weighted by Gasteiger charge is 2.20. The molecule has 0 fully saturated rings. The molecule has 0 saturated heterocycles. The summed E-state index contributed by atoms with van der Waals surface area (Å²) < 4.78 is 24.6. The molecular weight excluding hydrogens is 214 g/mol. The summed E-state index contributed by atoms with van der Waals surface area (Å²) in [7, 11) is 0. The van der Waals surface area contributed by atoms with Crippen LogP contribution in [0.5, 0.6) is 0 Å². The first-order chi connectivity index (χ1) is 7.70. The molecule has 2 rings (SSSR count). The molecule has 16 heavy (non-hydrogen) atoms. The summed E-state index contributed by atoms with van der Waals surface area (Å²) in [5.74, 6) is 0. The predicted octanol–water partition coefficient (Wildman–Crippen LogP) is 2.08. The average molecular weight is 226 g/mol. The van der Waals surface area contributed by atoms with Crippen LogP contribution in [0.3, 0.4) is 0 Å². The molecule has 86 valence electrons. The van der Waals surface area contributed by atoms with E-state index in [1.54, 1.807) is 12.1 Å². The van der Waals surface area contributed by atoms with Crippen molar-refractivity contribution in [2.75, 3.05) is 6.54 Å². The summed E-state index contributed by atoms with van der Waals surface area (Å²) in [4.78, 5) is 5.06. The lowest BCUT2D eigenvalue weighted by Crippen LogP contribution is -2.20. The fraction of sp³-hybridized carbons (Fsp3) is 0.364. The van der Waals surface area contributed by atoms with Crippen molar-refractivity contribution in [2.24, 2.45) is 10.9 Å². The number of alkyl halides is 2. The van der Waals surface area contributed by atoms with Gasteiger partial charge in [-0.05, 0) is 5.56 Å². The third-order valence-electron chi connectivity index (χ3n) is 2.49. The summed E-state index contributed by atoms with van der Waals surface area (Å²) in [6, 6.07) is 6.06. The molecule has 0 aromatic heterocycles. The van der Waals surface area contributed by atoms with Crippen molar-refractivity contribution in [2.45, 2.75) is 19.0 Å². The van der Waals surface area contributed by atoms with E-state index in [1.165, 1.54) is 12.1 Å². The molecule has 1 aromatic carbocycles. The van der Waals surface area contributed by atoms with Crippen molar-refractivity contribution >= 4 is 5.71 Å². The first-order valence-corrected chi connectivity index (χ1v) is 5.02. The predicted molar refractivity (Wildman–Crippen MR) is 56.5 cm³/mol. The third kappa shape index (κ3) is 2.19. The SMILES string of the molecule is NCC1CC(c2ccc(C(F)F)cc2)=NO1. The van der Waals surface area contributed by atoms with E-state index in [0.717, 1.165) is 11.3 Å². The van der Waals surface area contributed by atoms with Gasteiger partial charge in [-0.15, -0.1) is 0 Å². The van der Waals surface area contributed by atoms with Gasteiger partial charge in [0, 0.05) is 18.5 Å².